The van der Waals surface area contributed by atoms with Crippen molar-refractivity contribution in [3.8, 4) is 72.4 Å². The first-order valence-corrected chi connectivity index (χ1v) is 42.1. The van der Waals surface area contributed by atoms with E-state index < -0.39 is 0 Å². The van der Waals surface area contributed by atoms with Crippen molar-refractivity contribution in [3.05, 3.63) is 311 Å². The van der Waals surface area contributed by atoms with Gasteiger partial charge < -0.3 is 14.4 Å². The summed E-state index contributed by atoms with van der Waals surface area (Å²) in [6.45, 7) is 47.7. The minimum absolute atomic E-state index is 0.0720. The number of fused-ring (bicyclic) bond motifs is 9. The Kier molecular flexibility index (Phi) is 17.3. The summed E-state index contributed by atoms with van der Waals surface area (Å²) in [5.41, 5.74) is 40.1. The maximum absolute atomic E-state index is 2.65. The maximum Gasteiger partial charge on any atom is 0.252 e. The van der Waals surface area contributed by atoms with Gasteiger partial charge in [-0.1, -0.05) is 333 Å². The van der Waals surface area contributed by atoms with E-state index in [1.807, 2.05) is 0 Å². The topological polar surface area (TPSA) is 11.4 Å². The van der Waals surface area contributed by atoms with Crippen LogP contribution in [0.25, 0.3) is 94.3 Å². The highest BCUT2D eigenvalue weighted by molar-refractivity contribution is 7.00. The molecule has 0 N–H and O–H groups in total. The number of benzene rings is 13. The highest BCUT2D eigenvalue weighted by atomic mass is 15.2. The molecule has 0 bridgehead atoms. The van der Waals surface area contributed by atoms with Crippen molar-refractivity contribution in [2.45, 2.75) is 207 Å². The van der Waals surface area contributed by atoms with E-state index in [2.05, 4.69) is 420 Å². The van der Waals surface area contributed by atoms with Crippen molar-refractivity contribution in [2.75, 3.05) is 9.80 Å². The minimum atomic E-state index is -0.216. The van der Waals surface area contributed by atoms with Crippen LogP contribution in [-0.2, 0) is 43.3 Å². The fourth-order valence-electron chi connectivity index (χ4n) is 19.4. The predicted octanol–water partition coefficient (Wildman–Crippen LogP) is 28.8. The molecule has 3 nitrogen and oxygen atoms in total. The van der Waals surface area contributed by atoms with Gasteiger partial charge in [0.1, 0.15) is 0 Å². The van der Waals surface area contributed by atoms with E-state index in [0.29, 0.717) is 0 Å². The van der Waals surface area contributed by atoms with Crippen molar-refractivity contribution in [1.82, 2.24) is 4.57 Å². The Morgan fingerprint density at radius 1 is 0.246 bits per heavy atom. The summed E-state index contributed by atoms with van der Waals surface area (Å²) >= 11 is 0. The Hall–Kier alpha value is -10.7. The van der Waals surface area contributed by atoms with Gasteiger partial charge in [-0.2, -0.15) is 0 Å². The SMILES string of the molecule is CC(C)(C)c1cc(-c2ccc3c(c2)B2c4cc(-c5cc(C(C)(C)C)cc(C(C)(C)C)c5)ccc4N(c4ccc(-c5ccc6c(c5)C(C)(C)CCC6(C)C)cc4)c4cc(-n5c6ccc(-c7ccccc7)cc6c6cc(-c7ccccc7)ccc65)cc(c42)N3c2ccc(-c3ccc4c(c3)C(C)(C)CCC4(C)C)cc2)cc(C(C)(C)C)c1. The first-order chi connectivity index (χ1) is 54.0. The third-order valence-corrected chi connectivity index (χ3v) is 26.9. The van der Waals surface area contributed by atoms with Crippen LogP contribution in [0.2, 0.25) is 0 Å². The molecule has 2 aliphatic carbocycles. The third-order valence-electron chi connectivity index (χ3n) is 26.9. The molecule has 1 aromatic heterocycles. The highest BCUT2D eigenvalue weighted by Gasteiger charge is 2.46. The summed E-state index contributed by atoms with van der Waals surface area (Å²) in [5.74, 6) is 0. The lowest BCUT2D eigenvalue weighted by Crippen LogP contribution is -2.61. The Bertz CT molecular complexity index is 5750. The lowest BCUT2D eigenvalue weighted by atomic mass is 9.33. The van der Waals surface area contributed by atoms with Crippen LogP contribution in [0.1, 0.15) is 209 Å². The van der Waals surface area contributed by atoms with Crippen LogP contribution < -0.4 is 26.2 Å². The summed E-state index contributed by atoms with van der Waals surface area (Å²) in [5, 5.41) is 2.42. The fraction of sp³-hybridized carbons (Fsp3) is 0.291. The highest BCUT2D eigenvalue weighted by Crippen LogP contribution is 2.53. The van der Waals surface area contributed by atoms with Crippen molar-refractivity contribution in [1.29, 1.82) is 0 Å². The van der Waals surface area contributed by atoms with Gasteiger partial charge in [0.2, 0.25) is 0 Å². The summed E-state index contributed by atoms with van der Waals surface area (Å²) in [4.78, 5) is 5.30. The lowest BCUT2D eigenvalue weighted by molar-refractivity contribution is 0.332. The fourth-order valence-corrected chi connectivity index (χ4v) is 19.4. The van der Waals surface area contributed by atoms with Crippen LogP contribution in [0.3, 0.4) is 0 Å². The predicted molar refractivity (Wildman–Crippen MR) is 493 cm³/mol. The average molecular weight is 1490 g/mol. The van der Waals surface area contributed by atoms with Gasteiger partial charge in [-0.3, -0.25) is 0 Å². The third kappa shape index (κ3) is 12.9. The molecule has 0 spiro atoms. The van der Waals surface area contributed by atoms with Crippen molar-refractivity contribution < 1.29 is 0 Å². The molecule has 0 saturated carbocycles. The van der Waals surface area contributed by atoms with E-state index >= 15 is 0 Å². The van der Waals surface area contributed by atoms with Gasteiger partial charge in [-0.15, -0.1) is 0 Å². The number of hydrogen-bond donors (Lipinski definition) is 0. The van der Waals surface area contributed by atoms with Gasteiger partial charge in [0.25, 0.3) is 6.71 Å². The van der Waals surface area contributed by atoms with Gasteiger partial charge in [-0.05, 0) is 269 Å². The zero-order valence-electron chi connectivity index (χ0n) is 71.2. The molecule has 0 atom stereocenters. The smallest absolute Gasteiger partial charge is 0.252 e. The normalized spacial score (nSPS) is 16.0. The first kappa shape index (κ1) is 74.7. The molecule has 0 unspecified atom stereocenters. The number of aromatic nitrogens is 1. The Labute approximate surface area is 680 Å². The molecule has 114 heavy (non-hydrogen) atoms. The Morgan fingerprint density at radius 2 is 0.544 bits per heavy atom. The molecule has 0 radical (unpaired) electrons. The average Bonchev–Trinajstić information content (AvgIpc) is 0.869. The van der Waals surface area contributed by atoms with Gasteiger partial charge in [0.05, 0.1) is 16.7 Å². The Morgan fingerprint density at radius 3 is 0.895 bits per heavy atom. The van der Waals surface area contributed by atoms with Crippen molar-refractivity contribution in [3.63, 3.8) is 0 Å². The maximum atomic E-state index is 2.65. The molecule has 3 heterocycles. The molecule has 18 rings (SSSR count). The van der Waals surface area contributed by atoms with Crippen LogP contribution in [0, 0.1) is 0 Å². The second kappa shape index (κ2) is 26.4. The monoisotopic (exact) mass is 1490 g/mol. The summed E-state index contributed by atoms with van der Waals surface area (Å²) in [6.07, 6.45) is 4.69. The Balaban J connectivity index is 0.943. The molecule has 4 aliphatic rings. The van der Waals surface area contributed by atoms with Gasteiger partial charge in [-0.25, -0.2) is 0 Å². The standard InChI is InChI=1S/C110H112BN3/c1-103(2,3)81-55-79(56-82(65-81)104(4,5)6)77-39-49-98-94(63-77)111-95-64-78(80-57-83(105(7,8)9)66-84(58-80)106(10,11)12)40-50-99(95)113(86-43-33-72(34-44-86)76-36-46-91-93(62-76)110(19,20)54-52-108(91,15)16)101-68-87(67-100(102(101)111)112(98)85-41-31-71(32-42-85)75-35-45-90-92(61-75)109(17,18)53-51-107(90,13)14)114-96-47-37-73(69-27-23-21-24-28-69)59-88(96)89-60-74(38-48-97(89)114)70-29-25-22-26-30-70/h21-50,55-68H,51-54H2,1-20H3. The van der Waals surface area contributed by atoms with Gasteiger partial charge in [0, 0.05) is 44.9 Å². The van der Waals surface area contributed by atoms with E-state index in [9.17, 15) is 0 Å². The van der Waals surface area contributed by atoms with Crippen molar-refractivity contribution >= 4 is 79.0 Å². The number of anilines is 6. The van der Waals surface area contributed by atoms with Crippen molar-refractivity contribution in [2.24, 2.45) is 0 Å². The number of rotatable bonds is 9. The molecular weight excluding hydrogens is 1370 g/mol. The second-order valence-electron chi connectivity index (χ2n) is 40.8. The zero-order valence-corrected chi connectivity index (χ0v) is 71.2. The van der Waals surface area contributed by atoms with Crippen LogP contribution in [-0.4, -0.2) is 11.3 Å². The number of nitrogens with zero attached hydrogens (tertiary/aromatic N) is 3. The molecule has 13 aromatic carbocycles. The van der Waals surface area contributed by atoms with Crippen LogP contribution >= 0.6 is 0 Å². The zero-order chi connectivity index (χ0) is 79.9. The quantitative estimate of drug-likeness (QED) is 0.133. The summed E-state index contributed by atoms with van der Waals surface area (Å²) < 4.78 is 2.58. The molecule has 570 valence electrons. The van der Waals surface area contributed by atoms with E-state index in [4.69, 9.17) is 0 Å². The molecule has 14 aromatic rings. The second-order valence-corrected chi connectivity index (χ2v) is 40.8. The molecule has 2 aliphatic heterocycles. The molecule has 0 amide bonds. The molecular formula is C110H112BN3. The number of hydrogen-bond acceptors (Lipinski definition) is 2. The summed E-state index contributed by atoms with van der Waals surface area (Å²) in [6, 6.07) is 105. The van der Waals surface area contributed by atoms with E-state index in [-0.39, 0.29) is 50.0 Å². The van der Waals surface area contributed by atoms with E-state index in [1.165, 1.54) is 163 Å². The van der Waals surface area contributed by atoms with E-state index in [0.717, 1.165) is 52.3 Å². The largest absolute Gasteiger partial charge is 0.311 e. The molecule has 4 heteroatoms. The van der Waals surface area contributed by atoms with Crippen LogP contribution in [0.15, 0.2) is 267 Å². The molecule has 0 saturated heterocycles. The van der Waals surface area contributed by atoms with Gasteiger partial charge in [0.15, 0.2) is 0 Å². The van der Waals surface area contributed by atoms with E-state index in [1.54, 1.807) is 0 Å². The van der Waals surface area contributed by atoms with Gasteiger partial charge >= 0.3 is 0 Å². The molecule has 0 fully saturated rings. The summed E-state index contributed by atoms with van der Waals surface area (Å²) in [7, 11) is 0. The van der Waals surface area contributed by atoms with Crippen LogP contribution in [0.4, 0.5) is 34.1 Å². The first-order valence-electron chi connectivity index (χ1n) is 42.1. The van der Waals surface area contributed by atoms with Crippen LogP contribution in [0.5, 0.6) is 0 Å². The minimum Gasteiger partial charge on any atom is -0.311 e. The lowest BCUT2D eigenvalue weighted by Gasteiger charge is -2.45.